The minimum atomic E-state index is -0.112. The number of halogens is 1. The SMILES string of the molecule is CCn1ncc(C(C)NC(=O)c2ccc(COc3ccc(Cl)c(C)c3)cc2)c1C. The smallest absolute Gasteiger partial charge is 0.251 e. The van der Waals surface area contributed by atoms with Crippen LogP contribution in [-0.4, -0.2) is 15.7 Å². The number of nitrogens with zero attached hydrogens (tertiary/aromatic N) is 2. The number of amides is 1. The second-order valence-corrected chi connectivity index (χ2v) is 7.50. The third kappa shape index (κ3) is 4.98. The summed E-state index contributed by atoms with van der Waals surface area (Å²) in [6.07, 6.45) is 1.82. The van der Waals surface area contributed by atoms with Crippen molar-refractivity contribution >= 4 is 17.5 Å². The number of nitrogens with one attached hydrogen (secondary N) is 1. The molecule has 0 bridgehead atoms. The summed E-state index contributed by atoms with van der Waals surface area (Å²) in [6.45, 7) is 9.22. The minimum Gasteiger partial charge on any atom is -0.489 e. The Bertz CT molecular complexity index is 996. The number of carbonyl (C=O) groups excluding carboxylic acids is 1. The maximum absolute atomic E-state index is 12.6. The first kappa shape index (κ1) is 20.9. The summed E-state index contributed by atoms with van der Waals surface area (Å²) in [5, 5.41) is 8.11. The highest BCUT2D eigenvalue weighted by atomic mass is 35.5. The van der Waals surface area contributed by atoms with Crippen molar-refractivity contribution in [3.63, 3.8) is 0 Å². The van der Waals surface area contributed by atoms with Crippen molar-refractivity contribution < 1.29 is 9.53 Å². The molecule has 2 aromatic carbocycles. The van der Waals surface area contributed by atoms with Crippen LogP contribution in [0.25, 0.3) is 0 Å². The molecule has 0 aliphatic rings. The molecule has 0 saturated carbocycles. The summed E-state index contributed by atoms with van der Waals surface area (Å²) in [7, 11) is 0. The van der Waals surface area contributed by atoms with E-state index in [4.69, 9.17) is 16.3 Å². The second kappa shape index (κ2) is 9.14. The van der Waals surface area contributed by atoms with Gasteiger partial charge in [-0.15, -0.1) is 0 Å². The van der Waals surface area contributed by atoms with Gasteiger partial charge in [0.2, 0.25) is 0 Å². The third-order valence-corrected chi connectivity index (χ3v) is 5.43. The molecule has 0 aliphatic heterocycles. The van der Waals surface area contributed by atoms with Crippen LogP contribution in [0.15, 0.2) is 48.7 Å². The predicted molar refractivity (Wildman–Crippen MR) is 115 cm³/mol. The van der Waals surface area contributed by atoms with Crippen molar-refractivity contribution in [3.8, 4) is 5.75 Å². The van der Waals surface area contributed by atoms with Gasteiger partial charge in [-0.2, -0.15) is 5.10 Å². The van der Waals surface area contributed by atoms with Crippen molar-refractivity contribution in [1.82, 2.24) is 15.1 Å². The normalized spacial score (nSPS) is 11.9. The quantitative estimate of drug-likeness (QED) is 0.578. The van der Waals surface area contributed by atoms with Crippen LogP contribution >= 0.6 is 11.6 Å². The predicted octanol–water partition coefficient (Wildman–Crippen LogP) is 5.24. The lowest BCUT2D eigenvalue weighted by atomic mass is 10.1. The lowest BCUT2D eigenvalue weighted by Crippen LogP contribution is -2.27. The lowest BCUT2D eigenvalue weighted by molar-refractivity contribution is 0.0939. The Morgan fingerprint density at radius 1 is 1.21 bits per heavy atom. The fraction of sp³-hybridized carbons (Fsp3) is 0.304. The molecular formula is C23H26ClN3O2. The molecule has 1 N–H and O–H groups in total. The molecule has 152 valence electrons. The number of aromatic nitrogens is 2. The molecule has 0 fully saturated rings. The topological polar surface area (TPSA) is 56.2 Å². The van der Waals surface area contributed by atoms with Crippen LogP contribution in [0.1, 0.15) is 52.6 Å². The molecule has 0 radical (unpaired) electrons. The Balaban J connectivity index is 1.59. The first-order chi connectivity index (χ1) is 13.9. The standard InChI is InChI=1S/C23H26ClN3O2/c1-5-27-17(4)21(13-25-27)16(3)26-23(28)19-8-6-18(7-9-19)14-29-20-10-11-22(24)15(2)12-20/h6-13,16H,5,14H2,1-4H3,(H,26,28). The number of rotatable bonds is 7. The average Bonchev–Trinajstić information content (AvgIpc) is 3.09. The Morgan fingerprint density at radius 3 is 2.55 bits per heavy atom. The summed E-state index contributed by atoms with van der Waals surface area (Å²) in [4.78, 5) is 12.6. The first-order valence-corrected chi connectivity index (χ1v) is 10.1. The number of benzene rings is 2. The van der Waals surface area contributed by atoms with E-state index in [2.05, 4.69) is 10.4 Å². The van der Waals surface area contributed by atoms with E-state index in [0.717, 1.165) is 39.7 Å². The van der Waals surface area contributed by atoms with Gasteiger partial charge in [-0.05, 0) is 69.2 Å². The molecule has 0 aliphatic carbocycles. The van der Waals surface area contributed by atoms with E-state index in [1.165, 1.54) is 0 Å². The van der Waals surface area contributed by atoms with Gasteiger partial charge in [0.1, 0.15) is 12.4 Å². The fourth-order valence-electron chi connectivity index (χ4n) is 3.19. The Kier molecular flexibility index (Phi) is 6.60. The summed E-state index contributed by atoms with van der Waals surface area (Å²) in [5.41, 5.74) is 4.68. The Labute approximate surface area is 176 Å². The van der Waals surface area contributed by atoms with Crippen LogP contribution in [0.4, 0.5) is 0 Å². The molecular weight excluding hydrogens is 386 g/mol. The molecule has 1 aromatic heterocycles. The molecule has 0 saturated heterocycles. The van der Waals surface area contributed by atoms with Gasteiger partial charge < -0.3 is 10.1 Å². The maximum atomic E-state index is 12.6. The van der Waals surface area contributed by atoms with Gasteiger partial charge in [0, 0.05) is 28.4 Å². The van der Waals surface area contributed by atoms with Gasteiger partial charge in [0.05, 0.1) is 12.2 Å². The molecule has 29 heavy (non-hydrogen) atoms. The van der Waals surface area contributed by atoms with E-state index in [9.17, 15) is 4.79 Å². The summed E-state index contributed by atoms with van der Waals surface area (Å²) >= 11 is 6.04. The van der Waals surface area contributed by atoms with Gasteiger partial charge in [-0.25, -0.2) is 0 Å². The molecule has 1 heterocycles. The van der Waals surface area contributed by atoms with Crippen LogP contribution in [0.3, 0.4) is 0 Å². The van der Waals surface area contributed by atoms with Crippen molar-refractivity contribution in [3.05, 3.63) is 81.6 Å². The molecule has 0 spiro atoms. The lowest BCUT2D eigenvalue weighted by Gasteiger charge is -2.14. The van der Waals surface area contributed by atoms with Gasteiger partial charge in [-0.1, -0.05) is 23.7 Å². The van der Waals surface area contributed by atoms with Crippen LogP contribution in [0, 0.1) is 13.8 Å². The maximum Gasteiger partial charge on any atom is 0.251 e. The van der Waals surface area contributed by atoms with E-state index in [-0.39, 0.29) is 11.9 Å². The molecule has 1 unspecified atom stereocenters. The summed E-state index contributed by atoms with van der Waals surface area (Å²) in [6, 6.07) is 12.9. The van der Waals surface area contributed by atoms with Crippen molar-refractivity contribution in [2.75, 3.05) is 0 Å². The zero-order valence-electron chi connectivity index (χ0n) is 17.2. The number of hydrogen-bond donors (Lipinski definition) is 1. The summed E-state index contributed by atoms with van der Waals surface area (Å²) in [5.74, 6) is 0.660. The second-order valence-electron chi connectivity index (χ2n) is 7.09. The zero-order valence-corrected chi connectivity index (χ0v) is 18.0. The van der Waals surface area contributed by atoms with Crippen LogP contribution < -0.4 is 10.1 Å². The third-order valence-electron chi connectivity index (χ3n) is 5.01. The van der Waals surface area contributed by atoms with Gasteiger partial charge in [-0.3, -0.25) is 9.48 Å². The fourth-order valence-corrected chi connectivity index (χ4v) is 3.31. The van der Waals surface area contributed by atoms with Crippen LogP contribution in [0.5, 0.6) is 5.75 Å². The van der Waals surface area contributed by atoms with Crippen LogP contribution in [0.2, 0.25) is 5.02 Å². The minimum absolute atomic E-state index is 0.109. The molecule has 6 heteroatoms. The number of hydrogen-bond acceptors (Lipinski definition) is 3. The first-order valence-electron chi connectivity index (χ1n) is 9.70. The Morgan fingerprint density at radius 2 is 1.93 bits per heavy atom. The van der Waals surface area contributed by atoms with Gasteiger partial charge >= 0.3 is 0 Å². The van der Waals surface area contributed by atoms with Crippen molar-refractivity contribution in [2.24, 2.45) is 0 Å². The molecule has 1 atom stereocenters. The van der Waals surface area contributed by atoms with Gasteiger partial charge in [0.25, 0.3) is 5.91 Å². The van der Waals surface area contributed by atoms with Gasteiger partial charge in [0.15, 0.2) is 0 Å². The molecule has 3 aromatic rings. The zero-order chi connectivity index (χ0) is 21.0. The van der Waals surface area contributed by atoms with E-state index in [1.54, 1.807) is 0 Å². The van der Waals surface area contributed by atoms with E-state index < -0.39 is 0 Å². The highest BCUT2D eigenvalue weighted by molar-refractivity contribution is 6.31. The molecule has 3 rings (SSSR count). The molecule has 5 nitrogen and oxygen atoms in total. The van der Waals surface area contributed by atoms with E-state index in [1.807, 2.05) is 81.0 Å². The average molecular weight is 412 g/mol. The monoisotopic (exact) mass is 411 g/mol. The number of ether oxygens (including phenoxy) is 1. The van der Waals surface area contributed by atoms with Crippen molar-refractivity contribution in [2.45, 2.75) is 46.9 Å². The van der Waals surface area contributed by atoms with E-state index >= 15 is 0 Å². The molecule has 1 amide bonds. The Hall–Kier alpha value is -2.79. The van der Waals surface area contributed by atoms with E-state index in [0.29, 0.717) is 12.2 Å². The highest BCUT2D eigenvalue weighted by Crippen LogP contribution is 2.22. The largest absolute Gasteiger partial charge is 0.489 e. The number of carbonyl (C=O) groups is 1. The van der Waals surface area contributed by atoms with Crippen LogP contribution in [-0.2, 0) is 13.2 Å². The van der Waals surface area contributed by atoms with Crippen molar-refractivity contribution in [1.29, 1.82) is 0 Å². The number of aryl methyl sites for hydroxylation is 2. The highest BCUT2D eigenvalue weighted by Gasteiger charge is 2.16. The summed E-state index contributed by atoms with van der Waals surface area (Å²) < 4.78 is 7.73.